The molecule has 30 heavy (non-hydrogen) atoms. The third-order valence-corrected chi connectivity index (χ3v) is 5.21. The second kappa shape index (κ2) is 9.91. The van der Waals surface area contributed by atoms with Crippen molar-refractivity contribution < 1.29 is 23.8 Å². The predicted molar refractivity (Wildman–Crippen MR) is 112 cm³/mol. The molecule has 1 aliphatic rings. The molecule has 0 aliphatic carbocycles. The number of methoxy groups -OCH3 is 1. The van der Waals surface area contributed by atoms with Crippen LogP contribution in [0.4, 0.5) is 4.39 Å². The molecule has 7 heteroatoms. The first-order valence-corrected chi connectivity index (χ1v) is 10.1. The van der Waals surface area contributed by atoms with Gasteiger partial charge < -0.3 is 19.5 Å². The monoisotopic (exact) mass is 416 g/mol. The smallest absolute Gasteiger partial charge is 0.237 e. The Hall–Kier alpha value is -2.64. The average Bonchev–Trinajstić information content (AvgIpc) is 2.86. The van der Waals surface area contributed by atoms with Crippen molar-refractivity contribution >= 4 is 5.91 Å². The van der Waals surface area contributed by atoms with Gasteiger partial charge in [0.05, 0.1) is 26.4 Å². The van der Waals surface area contributed by atoms with Gasteiger partial charge in [0.2, 0.25) is 5.91 Å². The van der Waals surface area contributed by atoms with Crippen molar-refractivity contribution in [2.75, 3.05) is 26.7 Å². The number of nitrogens with zero attached hydrogens (tertiary/aromatic N) is 2. The van der Waals surface area contributed by atoms with Gasteiger partial charge in [-0.15, -0.1) is 0 Å². The fraction of sp³-hybridized carbons (Fsp3) is 0.435. The topological polar surface area (TPSA) is 62.2 Å². The Morgan fingerprint density at radius 3 is 2.47 bits per heavy atom. The van der Waals surface area contributed by atoms with Gasteiger partial charge in [0.1, 0.15) is 5.82 Å². The lowest BCUT2D eigenvalue weighted by Gasteiger charge is -2.27. The maximum absolute atomic E-state index is 13.1. The molecule has 1 saturated heterocycles. The second-order valence-electron chi connectivity index (χ2n) is 7.88. The summed E-state index contributed by atoms with van der Waals surface area (Å²) in [7, 11) is 1.51. The highest BCUT2D eigenvalue weighted by Crippen LogP contribution is 2.27. The van der Waals surface area contributed by atoms with E-state index in [-0.39, 0.29) is 36.2 Å². The minimum atomic E-state index is -0.279. The van der Waals surface area contributed by atoms with Gasteiger partial charge in [-0.25, -0.2) is 4.39 Å². The molecule has 1 amide bonds. The number of carbonyl (C=O) groups excluding carboxylic acids is 1. The van der Waals surface area contributed by atoms with E-state index in [1.54, 1.807) is 24.3 Å². The molecule has 1 atom stereocenters. The van der Waals surface area contributed by atoms with Crippen molar-refractivity contribution in [2.45, 2.75) is 39.1 Å². The fourth-order valence-corrected chi connectivity index (χ4v) is 3.63. The summed E-state index contributed by atoms with van der Waals surface area (Å²) in [5.41, 5.74) is 1.77. The van der Waals surface area contributed by atoms with E-state index < -0.39 is 0 Å². The number of aromatic hydroxyl groups is 1. The Balaban J connectivity index is 1.72. The molecule has 0 radical (unpaired) electrons. The molecule has 0 spiro atoms. The fourth-order valence-electron chi connectivity index (χ4n) is 3.63. The van der Waals surface area contributed by atoms with Crippen LogP contribution in [0, 0.1) is 5.82 Å². The molecule has 1 aliphatic heterocycles. The van der Waals surface area contributed by atoms with Crippen molar-refractivity contribution in [3.05, 3.63) is 59.4 Å². The molecule has 1 N–H and O–H groups in total. The lowest BCUT2D eigenvalue weighted by Crippen LogP contribution is -2.42. The molecule has 2 aromatic rings. The van der Waals surface area contributed by atoms with E-state index in [0.29, 0.717) is 32.0 Å². The zero-order valence-corrected chi connectivity index (χ0v) is 17.7. The summed E-state index contributed by atoms with van der Waals surface area (Å²) >= 11 is 0. The van der Waals surface area contributed by atoms with Crippen LogP contribution in [0.25, 0.3) is 0 Å². The number of amides is 1. The predicted octanol–water partition coefficient (Wildman–Crippen LogP) is 3.18. The van der Waals surface area contributed by atoms with Crippen LogP contribution in [0.15, 0.2) is 42.5 Å². The van der Waals surface area contributed by atoms with E-state index in [1.165, 1.54) is 19.2 Å². The van der Waals surface area contributed by atoms with E-state index in [2.05, 4.69) is 0 Å². The number of hydrogen-bond acceptors (Lipinski definition) is 5. The van der Waals surface area contributed by atoms with Gasteiger partial charge in [0.25, 0.3) is 0 Å². The van der Waals surface area contributed by atoms with Crippen molar-refractivity contribution in [3.63, 3.8) is 0 Å². The Labute approximate surface area is 176 Å². The van der Waals surface area contributed by atoms with Crippen molar-refractivity contribution in [2.24, 2.45) is 0 Å². The quantitative estimate of drug-likeness (QED) is 0.751. The number of rotatable bonds is 7. The van der Waals surface area contributed by atoms with Crippen LogP contribution >= 0.6 is 0 Å². The third kappa shape index (κ3) is 5.70. The van der Waals surface area contributed by atoms with E-state index in [1.807, 2.05) is 29.7 Å². The Morgan fingerprint density at radius 2 is 1.83 bits per heavy atom. The number of phenols is 1. The van der Waals surface area contributed by atoms with Gasteiger partial charge in [-0.1, -0.05) is 18.2 Å². The Kier molecular flexibility index (Phi) is 7.29. The highest BCUT2D eigenvalue weighted by atomic mass is 19.1. The zero-order chi connectivity index (χ0) is 21.7. The van der Waals surface area contributed by atoms with Crippen molar-refractivity contribution in [3.8, 4) is 11.5 Å². The molecule has 0 aromatic heterocycles. The normalized spacial score (nSPS) is 18.0. The number of carbonyl (C=O) groups is 1. The first kappa shape index (κ1) is 22.1. The summed E-state index contributed by atoms with van der Waals surface area (Å²) in [6, 6.07) is 11.6. The second-order valence-corrected chi connectivity index (χ2v) is 7.88. The van der Waals surface area contributed by atoms with Gasteiger partial charge in [-0.05, 0) is 49.2 Å². The standard InChI is InChI=1S/C23H29FN2O4/c1-16(2)26-13-20(30-15-17-4-7-19(24)8-5-17)12-25(14-23(26)28)11-18-6-9-22(29-3)21(27)10-18/h4-10,16,20,27H,11-15H2,1-3H3/t20-/m1/s1. The first-order chi connectivity index (χ1) is 14.4. The van der Waals surface area contributed by atoms with Gasteiger partial charge in [0.15, 0.2) is 11.5 Å². The summed E-state index contributed by atoms with van der Waals surface area (Å²) in [6.07, 6.45) is -0.184. The van der Waals surface area contributed by atoms with E-state index in [9.17, 15) is 14.3 Å². The number of halogens is 1. The van der Waals surface area contributed by atoms with Gasteiger partial charge >= 0.3 is 0 Å². The minimum Gasteiger partial charge on any atom is -0.504 e. The third-order valence-electron chi connectivity index (χ3n) is 5.21. The molecule has 0 unspecified atom stereocenters. The van der Waals surface area contributed by atoms with Crippen molar-refractivity contribution in [1.82, 2.24) is 9.80 Å². The van der Waals surface area contributed by atoms with E-state index >= 15 is 0 Å². The number of phenolic OH excluding ortho intramolecular Hbond substituents is 1. The highest BCUT2D eigenvalue weighted by Gasteiger charge is 2.30. The van der Waals surface area contributed by atoms with Crippen LogP contribution in [0.1, 0.15) is 25.0 Å². The van der Waals surface area contributed by atoms with Crippen molar-refractivity contribution in [1.29, 1.82) is 0 Å². The molecular weight excluding hydrogens is 387 g/mol. The van der Waals surface area contributed by atoms with Crippen LogP contribution in [0.5, 0.6) is 11.5 Å². The molecule has 1 heterocycles. The first-order valence-electron chi connectivity index (χ1n) is 10.1. The molecular formula is C23H29FN2O4. The summed E-state index contributed by atoms with van der Waals surface area (Å²) in [4.78, 5) is 16.7. The molecule has 1 fully saturated rings. The minimum absolute atomic E-state index is 0.0515. The Morgan fingerprint density at radius 1 is 1.13 bits per heavy atom. The SMILES string of the molecule is COc1ccc(CN2CC(=O)N(C(C)C)C[C@H](OCc3ccc(F)cc3)C2)cc1O. The maximum atomic E-state index is 13.1. The van der Waals surface area contributed by atoms with E-state index in [4.69, 9.17) is 9.47 Å². The summed E-state index contributed by atoms with van der Waals surface area (Å²) in [5.74, 6) is 0.260. The average molecular weight is 416 g/mol. The van der Waals surface area contributed by atoms with Gasteiger partial charge in [-0.3, -0.25) is 9.69 Å². The Bertz CT molecular complexity index is 857. The lowest BCUT2D eigenvalue weighted by molar-refractivity contribution is -0.133. The summed E-state index contributed by atoms with van der Waals surface area (Å²) < 4.78 is 24.4. The van der Waals surface area contributed by atoms with Crippen LogP contribution in [-0.2, 0) is 22.7 Å². The van der Waals surface area contributed by atoms with Gasteiger partial charge in [0, 0.05) is 25.7 Å². The van der Waals surface area contributed by atoms with Crippen LogP contribution in [-0.4, -0.2) is 59.7 Å². The molecule has 0 saturated carbocycles. The van der Waals surface area contributed by atoms with Crippen LogP contribution in [0.2, 0.25) is 0 Å². The number of benzene rings is 2. The highest BCUT2D eigenvalue weighted by molar-refractivity contribution is 5.79. The zero-order valence-electron chi connectivity index (χ0n) is 17.7. The van der Waals surface area contributed by atoms with Crippen LogP contribution < -0.4 is 4.74 Å². The summed E-state index contributed by atoms with van der Waals surface area (Å²) in [6.45, 7) is 6.19. The largest absolute Gasteiger partial charge is 0.504 e. The lowest BCUT2D eigenvalue weighted by atomic mass is 10.1. The van der Waals surface area contributed by atoms with E-state index in [0.717, 1.165) is 11.1 Å². The molecule has 162 valence electrons. The maximum Gasteiger partial charge on any atom is 0.237 e. The molecule has 3 rings (SSSR count). The van der Waals surface area contributed by atoms with Crippen LogP contribution in [0.3, 0.4) is 0 Å². The number of hydrogen-bond donors (Lipinski definition) is 1. The molecule has 6 nitrogen and oxygen atoms in total. The number of ether oxygens (including phenoxy) is 2. The van der Waals surface area contributed by atoms with Gasteiger partial charge in [-0.2, -0.15) is 0 Å². The summed E-state index contributed by atoms with van der Waals surface area (Å²) in [5, 5.41) is 10.1. The molecule has 2 aromatic carbocycles. The molecule has 0 bridgehead atoms.